The lowest BCUT2D eigenvalue weighted by atomic mass is 9.98. The molecule has 21 heteroatoms. The highest BCUT2D eigenvalue weighted by atomic mass is 16.4. The first-order valence-corrected chi connectivity index (χ1v) is 21.9. The van der Waals surface area contributed by atoms with Gasteiger partial charge >= 0.3 is 5.97 Å². The lowest BCUT2D eigenvalue weighted by molar-refractivity contribution is -0.143. The standard InChI is InChI=1S/C45H65N9O12/c1-23(2)36(42(62)48-26(7)39(59)47-22-35(58)49-32(45(65)66)20-28-12-16-30(56)17-13-28)52-40(60)31(19-27-10-14-29(55)15-11-27)50-43(63)37(24(3)4)53-41(61)33-9-8-18-54(33)44(64)38(25(5)6)51-34(57)21-46/h10-17,23-26,31-33,36-38,55-56H,8-9,18-22,46H2,1-7H3,(H,47,59)(H,48,62)(H,49,58)(H,50,63)(H,51,57)(H,52,60)(H,53,61)(H,65,66)/t26-,31-,32-,33-,36-,37-,38-/m0/s1. The SMILES string of the molecule is CC(C)[C@H](NC(=O)[C@H](Cc1ccc(O)cc1)NC(=O)[C@@H](NC(=O)[C@@H]1CCCN1C(=O)[C@@H](NC(=O)CN)C(C)C)C(C)C)C(=O)N[C@@H](C)C(=O)NCC(=O)N[C@@H](Cc1ccc(O)cc1)C(=O)O. The van der Waals surface area contributed by atoms with E-state index in [-0.39, 0.29) is 43.3 Å². The maximum atomic E-state index is 14.1. The summed E-state index contributed by atoms with van der Waals surface area (Å²) >= 11 is 0. The lowest BCUT2D eigenvalue weighted by Gasteiger charge is -2.32. The van der Waals surface area contributed by atoms with Gasteiger partial charge in [-0.15, -0.1) is 0 Å². The number of aliphatic carboxylic acids is 1. The number of phenols is 2. The van der Waals surface area contributed by atoms with E-state index in [4.69, 9.17) is 5.73 Å². The second kappa shape index (κ2) is 25.1. The molecule has 0 spiro atoms. The molecule has 0 bridgehead atoms. The summed E-state index contributed by atoms with van der Waals surface area (Å²) in [5.41, 5.74) is 6.51. The number of carbonyl (C=O) groups is 9. The zero-order valence-corrected chi connectivity index (χ0v) is 38.4. The summed E-state index contributed by atoms with van der Waals surface area (Å²) in [6.07, 6.45) is 0.588. The van der Waals surface area contributed by atoms with Gasteiger partial charge in [-0.05, 0) is 72.9 Å². The van der Waals surface area contributed by atoms with Gasteiger partial charge in [-0.1, -0.05) is 65.8 Å². The fourth-order valence-electron chi connectivity index (χ4n) is 7.14. The van der Waals surface area contributed by atoms with E-state index < -0.39 is 114 Å². The van der Waals surface area contributed by atoms with Gasteiger partial charge in [0.25, 0.3) is 0 Å². The van der Waals surface area contributed by atoms with Gasteiger partial charge in [0.05, 0.1) is 13.1 Å². The number of hydrogen-bond acceptors (Lipinski definition) is 12. The number of nitrogens with two attached hydrogens (primary N) is 1. The second-order valence-corrected chi connectivity index (χ2v) is 17.4. The predicted molar refractivity (Wildman–Crippen MR) is 240 cm³/mol. The maximum absolute atomic E-state index is 14.1. The Morgan fingerprint density at radius 2 is 1.11 bits per heavy atom. The molecule has 0 aliphatic carbocycles. The number of rotatable bonds is 23. The van der Waals surface area contributed by atoms with E-state index in [0.717, 1.165) is 0 Å². The Morgan fingerprint density at radius 1 is 0.606 bits per heavy atom. The number of aromatic hydroxyl groups is 2. The largest absolute Gasteiger partial charge is 0.508 e. The summed E-state index contributed by atoms with van der Waals surface area (Å²) in [7, 11) is 0. The van der Waals surface area contributed by atoms with Crippen molar-refractivity contribution in [3.8, 4) is 11.5 Å². The summed E-state index contributed by atoms with van der Waals surface area (Å²) in [6, 6.07) is 3.40. The van der Waals surface area contributed by atoms with Crippen LogP contribution >= 0.6 is 0 Å². The summed E-state index contributed by atoms with van der Waals surface area (Å²) in [5, 5.41) is 46.9. The van der Waals surface area contributed by atoms with Crippen molar-refractivity contribution in [2.24, 2.45) is 23.5 Å². The molecule has 1 aliphatic heterocycles. The molecule has 362 valence electrons. The zero-order valence-electron chi connectivity index (χ0n) is 38.4. The van der Waals surface area contributed by atoms with Crippen molar-refractivity contribution in [3.63, 3.8) is 0 Å². The van der Waals surface area contributed by atoms with Crippen molar-refractivity contribution in [2.45, 2.75) is 116 Å². The number of phenolic OH excluding ortho intramolecular Hbond substituents is 2. The highest BCUT2D eigenvalue weighted by Gasteiger charge is 2.41. The van der Waals surface area contributed by atoms with E-state index >= 15 is 0 Å². The molecule has 8 amide bonds. The first kappa shape index (κ1) is 53.6. The van der Waals surface area contributed by atoms with Crippen molar-refractivity contribution in [1.82, 2.24) is 42.1 Å². The van der Waals surface area contributed by atoms with Crippen LogP contribution < -0.4 is 43.0 Å². The third-order valence-corrected chi connectivity index (χ3v) is 11.0. The molecular formula is C45H65N9O12. The van der Waals surface area contributed by atoms with E-state index in [1.54, 1.807) is 53.7 Å². The molecule has 1 heterocycles. The van der Waals surface area contributed by atoms with Crippen LogP contribution in [0.4, 0.5) is 0 Å². The lowest BCUT2D eigenvalue weighted by Crippen LogP contribution is -2.61. The van der Waals surface area contributed by atoms with Gasteiger partial charge in [-0.25, -0.2) is 4.79 Å². The minimum absolute atomic E-state index is 0.0160. The smallest absolute Gasteiger partial charge is 0.326 e. The van der Waals surface area contributed by atoms with Crippen molar-refractivity contribution < 1.29 is 58.5 Å². The molecule has 1 fully saturated rings. The first-order chi connectivity index (χ1) is 31.0. The number of carbonyl (C=O) groups excluding carboxylic acids is 8. The van der Waals surface area contributed by atoms with Gasteiger partial charge in [-0.3, -0.25) is 38.4 Å². The van der Waals surface area contributed by atoms with Crippen LogP contribution in [-0.4, -0.2) is 135 Å². The van der Waals surface area contributed by atoms with Crippen LogP contribution in [0.5, 0.6) is 11.5 Å². The van der Waals surface area contributed by atoms with Crippen LogP contribution in [0.15, 0.2) is 48.5 Å². The number of amides is 8. The number of benzene rings is 2. The summed E-state index contributed by atoms with van der Waals surface area (Å²) < 4.78 is 0. The molecule has 21 nitrogen and oxygen atoms in total. The quantitative estimate of drug-likeness (QED) is 0.0634. The highest BCUT2D eigenvalue weighted by molar-refractivity contribution is 5.98. The molecule has 7 atom stereocenters. The Bertz CT molecular complexity index is 2050. The summed E-state index contributed by atoms with van der Waals surface area (Å²) in [4.78, 5) is 120. The number of hydrogen-bond donors (Lipinski definition) is 11. The maximum Gasteiger partial charge on any atom is 0.326 e. The molecule has 12 N–H and O–H groups in total. The molecule has 0 aromatic heterocycles. The van der Waals surface area contributed by atoms with E-state index in [9.17, 15) is 58.5 Å². The molecule has 1 aliphatic rings. The van der Waals surface area contributed by atoms with Gasteiger partial charge in [0.2, 0.25) is 47.3 Å². The number of likely N-dealkylation sites (tertiary alicyclic amines) is 1. The Balaban J connectivity index is 1.72. The Hall–Kier alpha value is -6.77. The fourth-order valence-corrected chi connectivity index (χ4v) is 7.14. The topological polar surface area (TPSA) is 328 Å². The van der Waals surface area contributed by atoms with Gasteiger partial charge in [0, 0.05) is 19.4 Å². The van der Waals surface area contributed by atoms with Crippen LogP contribution in [0, 0.1) is 17.8 Å². The number of carboxylic acid groups (broad SMARTS) is 1. The first-order valence-electron chi connectivity index (χ1n) is 21.9. The average Bonchev–Trinajstić information content (AvgIpc) is 3.76. The molecule has 0 radical (unpaired) electrons. The Morgan fingerprint density at radius 3 is 1.61 bits per heavy atom. The van der Waals surface area contributed by atoms with E-state index in [2.05, 4.69) is 37.2 Å². The summed E-state index contributed by atoms with van der Waals surface area (Å²) in [5.74, 6) is -8.27. The Kier molecular flexibility index (Phi) is 20.3. The van der Waals surface area contributed by atoms with Gasteiger partial charge in [-0.2, -0.15) is 0 Å². The number of carboxylic acids is 1. The molecular weight excluding hydrogens is 859 g/mol. The van der Waals surface area contributed by atoms with Crippen LogP contribution in [0.2, 0.25) is 0 Å². The second-order valence-electron chi connectivity index (χ2n) is 17.4. The van der Waals surface area contributed by atoms with E-state index in [0.29, 0.717) is 24.0 Å². The van der Waals surface area contributed by atoms with Gasteiger partial charge in [0.1, 0.15) is 53.8 Å². The fraction of sp³-hybridized carbons (Fsp3) is 0.533. The molecule has 2 aromatic carbocycles. The predicted octanol–water partition coefficient (Wildman–Crippen LogP) is -1.07. The highest BCUT2D eigenvalue weighted by Crippen LogP contribution is 2.22. The van der Waals surface area contributed by atoms with Gasteiger partial charge < -0.3 is 63.2 Å². The average molecular weight is 924 g/mol. The van der Waals surface area contributed by atoms with Crippen molar-refractivity contribution in [3.05, 3.63) is 59.7 Å². The van der Waals surface area contributed by atoms with Crippen LogP contribution in [0.1, 0.15) is 72.4 Å². The molecule has 0 saturated carbocycles. The minimum atomic E-state index is -1.34. The Labute approximate surface area is 383 Å². The third-order valence-electron chi connectivity index (χ3n) is 11.0. The third kappa shape index (κ3) is 16.0. The monoisotopic (exact) mass is 923 g/mol. The van der Waals surface area contributed by atoms with Gasteiger partial charge in [0.15, 0.2) is 0 Å². The van der Waals surface area contributed by atoms with Crippen molar-refractivity contribution in [2.75, 3.05) is 19.6 Å². The van der Waals surface area contributed by atoms with Crippen LogP contribution in [0.3, 0.4) is 0 Å². The number of nitrogens with zero attached hydrogens (tertiary/aromatic N) is 1. The summed E-state index contributed by atoms with van der Waals surface area (Å²) in [6.45, 7) is 10.8. The van der Waals surface area contributed by atoms with Crippen LogP contribution in [0.25, 0.3) is 0 Å². The van der Waals surface area contributed by atoms with Crippen molar-refractivity contribution >= 4 is 53.2 Å². The molecule has 2 aromatic rings. The molecule has 1 saturated heterocycles. The van der Waals surface area contributed by atoms with Crippen LogP contribution in [-0.2, 0) is 56.0 Å². The van der Waals surface area contributed by atoms with E-state index in [1.165, 1.54) is 48.2 Å². The molecule has 3 rings (SSSR count). The zero-order chi connectivity index (χ0) is 49.4. The molecule has 0 unspecified atom stereocenters. The van der Waals surface area contributed by atoms with E-state index in [1.807, 2.05) is 0 Å². The van der Waals surface area contributed by atoms with Crippen molar-refractivity contribution in [1.29, 1.82) is 0 Å². The molecule has 66 heavy (non-hydrogen) atoms. The minimum Gasteiger partial charge on any atom is -0.508 e. The number of nitrogens with one attached hydrogen (secondary N) is 7. The normalized spacial score (nSPS) is 16.2.